The fourth-order valence-electron chi connectivity index (χ4n) is 5.39. The largest absolute Gasteiger partial charge is 0.414 e. The Hall–Kier alpha value is -2.22. The topological polar surface area (TPSA) is 45.2 Å². The molecule has 3 aliphatic rings. The summed E-state index contributed by atoms with van der Waals surface area (Å²) in [4.78, 5) is 17.8. The molecule has 0 spiro atoms. The molecule has 1 saturated heterocycles. The second-order valence-electron chi connectivity index (χ2n) is 9.76. The van der Waals surface area contributed by atoms with E-state index in [2.05, 4.69) is 28.5 Å². The third-order valence-corrected chi connectivity index (χ3v) is 8.34. The molecule has 8 heteroatoms. The number of carbonyl (C=O) groups is 1. The van der Waals surface area contributed by atoms with E-state index in [1.165, 1.54) is 48.8 Å². The summed E-state index contributed by atoms with van der Waals surface area (Å²) < 4.78 is 42.1. The molecule has 2 heterocycles. The van der Waals surface area contributed by atoms with Crippen LogP contribution in [-0.2, 0) is 17.6 Å². The summed E-state index contributed by atoms with van der Waals surface area (Å²) in [5.41, 5.74) is 4.82. The number of alkyl halides is 3. The van der Waals surface area contributed by atoms with Crippen molar-refractivity contribution < 1.29 is 18.0 Å². The van der Waals surface area contributed by atoms with E-state index >= 15 is 0 Å². The Morgan fingerprint density at radius 1 is 1.12 bits per heavy atom. The molecule has 1 aromatic carbocycles. The lowest BCUT2D eigenvalue weighted by Crippen LogP contribution is -2.43. The zero-order valence-electron chi connectivity index (χ0n) is 19.3. The second-order valence-corrected chi connectivity index (χ2v) is 11.0. The van der Waals surface area contributed by atoms with Gasteiger partial charge in [0, 0.05) is 19.0 Å². The van der Waals surface area contributed by atoms with Crippen molar-refractivity contribution in [3.05, 3.63) is 58.9 Å². The highest BCUT2D eigenvalue weighted by atomic mass is 32.2. The van der Waals surface area contributed by atoms with Gasteiger partial charge in [0.1, 0.15) is 0 Å². The Morgan fingerprint density at radius 2 is 1.88 bits per heavy atom. The van der Waals surface area contributed by atoms with Gasteiger partial charge in [0.05, 0.1) is 17.6 Å². The number of pyridine rings is 1. The van der Waals surface area contributed by atoms with Crippen molar-refractivity contribution in [1.82, 2.24) is 9.88 Å². The lowest BCUT2D eigenvalue weighted by atomic mass is 9.99. The van der Waals surface area contributed by atoms with Gasteiger partial charge in [-0.1, -0.05) is 18.2 Å². The van der Waals surface area contributed by atoms with Crippen LogP contribution >= 0.6 is 11.8 Å². The van der Waals surface area contributed by atoms with E-state index in [1.54, 1.807) is 17.8 Å². The maximum Gasteiger partial charge on any atom is 0.414 e. The molecular formula is C26H30F3N3OS. The van der Waals surface area contributed by atoms with Crippen LogP contribution in [0.25, 0.3) is 0 Å². The van der Waals surface area contributed by atoms with Crippen molar-refractivity contribution in [2.75, 3.05) is 23.9 Å². The van der Waals surface area contributed by atoms with Gasteiger partial charge in [0.15, 0.2) is 6.04 Å². The standard InChI is InChI=1S/C26H30F3N3OS/c1-32(25(33)17-9-11-34-12-10-17)24(26(27,28)29)23-8-7-19(15-30-23)31-20-13-18-3-2-4-21(16-5-6-16)22(18)14-20/h2-4,7-8,15-17,20,24,31H,5-6,9-14H2,1H3/t20?,24-/m0/s1. The molecule has 4 nitrogen and oxygen atoms in total. The average Bonchev–Trinajstić information content (AvgIpc) is 3.58. The van der Waals surface area contributed by atoms with Crippen molar-refractivity contribution in [3.63, 3.8) is 0 Å². The molecule has 0 radical (unpaired) electrons. The zero-order valence-corrected chi connectivity index (χ0v) is 20.1. The van der Waals surface area contributed by atoms with Gasteiger partial charge in [-0.05, 0) is 84.8 Å². The van der Waals surface area contributed by atoms with Gasteiger partial charge in [0.2, 0.25) is 5.91 Å². The normalized spacial score (nSPS) is 21.7. The predicted molar refractivity (Wildman–Crippen MR) is 129 cm³/mol. The summed E-state index contributed by atoms with van der Waals surface area (Å²) in [7, 11) is 1.25. The number of fused-ring (bicyclic) bond motifs is 1. The smallest absolute Gasteiger partial charge is 0.380 e. The number of rotatable bonds is 6. The van der Waals surface area contributed by atoms with Crippen LogP contribution in [-0.4, -0.2) is 46.6 Å². The molecule has 34 heavy (non-hydrogen) atoms. The zero-order chi connectivity index (χ0) is 23.9. The predicted octanol–water partition coefficient (Wildman–Crippen LogP) is 5.74. The summed E-state index contributed by atoms with van der Waals surface area (Å²) >= 11 is 1.74. The number of aromatic nitrogens is 1. The van der Waals surface area contributed by atoms with E-state index in [0.717, 1.165) is 29.2 Å². The molecule has 2 aromatic rings. The number of anilines is 1. The maximum absolute atomic E-state index is 14.0. The fourth-order valence-corrected chi connectivity index (χ4v) is 6.50. The number of halogens is 3. The first kappa shape index (κ1) is 23.5. The minimum absolute atomic E-state index is 0.148. The van der Waals surface area contributed by atoms with Crippen LogP contribution < -0.4 is 5.32 Å². The van der Waals surface area contributed by atoms with E-state index in [-0.39, 0.29) is 17.7 Å². The van der Waals surface area contributed by atoms with Gasteiger partial charge in [-0.25, -0.2) is 0 Å². The van der Waals surface area contributed by atoms with Gasteiger partial charge in [-0.2, -0.15) is 24.9 Å². The number of amides is 1. The number of benzene rings is 1. The number of nitrogens with zero attached hydrogens (tertiary/aromatic N) is 2. The van der Waals surface area contributed by atoms with E-state index in [9.17, 15) is 18.0 Å². The Labute approximate surface area is 202 Å². The van der Waals surface area contributed by atoms with Crippen LogP contribution in [0.2, 0.25) is 0 Å². The van der Waals surface area contributed by atoms with Crippen molar-refractivity contribution >= 4 is 23.4 Å². The molecule has 1 aliphatic heterocycles. The van der Waals surface area contributed by atoms with Crippen molar-refractivity contribution in [3.8, 4) is 0 Å². The van der Waals surface area contributed by atoms with Crippen LogP contribution in [0.15, 0.2) is 36.5 Å². The molecule has 1 aromatic heterocycles. The molecule has 2 fully saturated rings. The van der Waals surface area contributed by atoms with Crippen molar-refractivity contribution in [1.29, 1.82) is 0 Å². The van der Waals surface area contributed by atoms with Gasteiger partial charge >= 0.3 is 6.18 Å². The molecule has 2 atom stereocenters. The van der Waals surface area contributed by atoms with E-state index < -0.39 is 18.1 Å². The first-order chi connectivity index (χ1) is 16.3. The summed E-state index contributed by atoms with van der Waals surface area (Å²) in [5, 5.41) is 3.46. The third kappa shape index (κ3) is 4.92. The average molecular weight is 490 g/mol. The molecule has 1 saturated carbocycles. The molecular weight excluding hydrogens is 459 g/mol. The van der Waals surface area contributed by atoms with Crippen molar-refractivity contribution in [2.24, 2.45) is 5.92 Å². The Balaban J connectivity index is 1.28. The highest BCUT2D eigenvalue weighted by molar-refractivity contribution is 7.99. The summed E-state index contributed by atoms with van der Waals surface area (Å²) in [5.74, 6) is 1.53. The Bertz CT molecular complexity index is 1030. The number of hydrogen-bond donors (Lipinski definition) is 1. The van der Waals surface area contributed by atoms with Gasteiger partial charge in [0.25, 0.3) is 0 Å². The first-order valence-corrected chi connectivity index (χ1v) is 13.2. The quantitative estimate of drug-likeness (QED) is 0.562. The number of nitrogens with one attached hydrogen (secondary N) is 1. The Morgan fingerprint density at radius 3 is 2.53 bits per heavy atom. The number of carbonyl (C=O) groups excluding carboxylic acids is 1. The molecule has 2 aliphatic carbocycles. The summed E-state index contributed by atoms with van der Waals surface area (Å²) in [6.45, 7) is 0. The fraction of sp³-hybridized carbons (Fsp3) is 0.538. The van der Waals surface area contributed by atoms with E-state index in [0.29, 0.717) is 24.4 Å². The minimum atomic E-state index is -4.60. The molecule has 1 unspecified atom stereocenters. The van der Waals surface area contributed by atoms with E-state index in [1.807, 2.05) is 0 Å². The lowest BCUT2D eigenvalue weighted by molar-refractivity contribution is -0.191. The van der Waals surface area contributed by atoms with Crippen LogP contribution in [0.3, 0.4) is 0 Å². The monoisotopic (exact) mass is 489 g/mol. The summed E-state index contributed by atoms with van der Waals surface area (Å²) in [6.07, 6.45) is 2.47. The van der Waals surface area contributed by atoms with Crippen LogP contribution in [0.5, 0.6) is 0 Å². The van der Waals surface area contributed by atoms with Gasteiger partial charge < -0.3 is 10.2 Å². The maximum atomic E-state index is 14.0. The SMILES string of the molecule is CN(C(=O)C1CCSCC1)[C@@H](c1ccc(NC2Cc3cccc(C4CC4)c3C2)cn1)C(F)(F)F. The molecule has 5 rings (SSSR count). The summed E-state index contributed by atoms with van der Waals surface area (Å²) in [6, 6.07) is 7.76. The first-order valence-electron chi connectivity index (χ1n) is 12.1. The van der Waals surface area contributed by atoms with Gasteiger partial charge in [-0.3, -0.25) is 9.78 Å². The molecule has 1 amide bonds. The third-order valence-electron chi connectivity index (χ3n) is 7.30. The number of thioether (sulfide) groups is 1. The van der Waals surface area contributed by atoms with Crippen LogP contribution in [0, 0.1) is 5.92 Å². The van der Waals surface area contributed by atoms with E-state index in [4.69, 9.17) is 0 Å². The number of hydrogen-bond acceptors (Lipinski definition) is 4. The lowest BCUT2D eigenvalue weighted by Gasteiger charge is -2.33. The van der Waals surface area contributed by atoms with Crippen LogP contribution in [0.4, 0.5) is 18.9 Å². The molecule has 0 bridgehead atoms. The molecule has 1 N–H and O–H groups in total. The highest BCUT2D eigenvalue weighted by Crippen LogP contribution is 2.44. The highest BCUT2D eigenvalue weighted by Gasteiger charge is 2.47. The second kappa shape index (κ2) is 9.44. The van der Waals surface area contributed by atoms with Gasteiger partial charge in [-0.15, -0.1) is 0 Å². The van der Waals surface area contributed by atoms with Crippen molar-refractivity contribution in [2.45, 2.75) is 62.7 Å². The molecule has 182 valence electrons. The van der Waals surface area contributed by atoms with Crippen LogP contribution in [0.1, 0.15) is 60.0 Å². The Kier molecular flexibility index (Phi) is 6.53. The minimum Gasteiger partial charge on any atom is -0.380 e.